The molecule has 0 spiro atoms. The number of carbonyl (C=O) groups is 1. The number of aryl methyl sites for hydroxylation is 1. The number of hydrogen-bond donors (Lipinski definition) is 2. The number of hydrogen-bond acceptors (Lipinski definition) is 4. The van der Waals surface area contributed by atoms with E-state index in [2.05, 4.69) is 32.7 Å². The average Bonchev–Trinajstić information content (AvgIpc) is 3.24. The normalized spacial score (nSPS) is 14.3. The molecular formula is C18H24IN5OS. The van der Waals surface area contributed by atoms with E-state index in [1.807, 2.05) is 29.5 Å². The molecule has 0 unspecified atom stereocenters. The SMILES string of the molecule is CN=C(NCc1ccc(N2CCCC2=O)cc1)NCc1scnc1C.I. The average molecular weight is 485 g/mol. The third-order valence-electron chi connectivity index (χ3n) is 4.27. The molecule has 1 saturated heterocycles. The third kappa shape index (κ3) is 5.16. The Morgan fingerprint density at radius 2 is 2.00 bits per heavy atom. The van der Waals surface area contributed by atoms with E-state index in [4.69, 9.17) is 0 Å². The number of rotatable bonds is 5. The van der Waals surface area contributed by atoms with Gasteiger partial charge in [-0.1, -0.05) is 12.1 Å². The fraction of sp³-hybridized carbons (Fsp3) is 0.389. The van der Waals surface area contributed by atoms with Crippen LogP contribution in [0.3, 0.4) is 0 Å². The monoisotopic (exact) mass is 485 g/mol. The molecular weight excluding hydrogens is 461 g/mol. The fourth-order valence-corrected chi connectivity index (χ4v) is 3.50. The van der Waals surface area contributed by atoms with Crippen molar-refractivity contribution in [2.75, 3.05) is 18.5 Å². The summed E-state index contributed by atoms with van der Waals surface area (Å²) >= 11 is 1.64. The van der Waals surface area contributed by atoms with Crippen LogP contribution in [0.4, 0.5) is 5.69 Å². The van der Waals surface area contributed by atoms with Gasteiger partial charge in [0.1, 0.15) is 0 Å². The molecule has 26 heavy (non-hydrogen) atoms. The van der Waals surface area contributed by atoms with Crippen LogP contribution in [0.25, 0.3) is 0 Å². The summed E-state index contributed by atoms with van der Waals surface area (Å²) in [4.78, 5) is 23.4. The van der Waals surface area contributed by atoms with Crippen molar-refractivity contribution in [3.05, 3.63) is 45.9 Å². The minimum atomic E-state index is 0. The summed E-state index contributed by atoms with van der Waals surface area (Å²) in [5, 5.41) is 6.61. The van der Waals surface area contributed by atoms with Crippen LogP contribution in [0.2, 0.25) is 0 Å². The first-order valence-corrected chi connectivity index (χ1v) is 9.28. The molecule has 6 nitrogen and oxygen atoms in total. The number of amides is 1. The largest absolute Gasteiger partial charge is 0.352 e. The van der Waals surface area contributed by atoms with Gasteiger partial charge in [-0.05, 0) is 31.0 Å². The molecule has 1 aromatic heterocycles. The van der Waals surface area contributed by atoms with E-state index < -0.39 is 0 Å². The zero-order valence-electron chi connectivity index (χ0n) is 15.0. The number of nitrogens with one attached hydrogen (secondary N) is 2. The van der Waals surface area contributed by atoms with E-state index in [-0.39, 0.29) is 29.9 Å². The molecule has 2 N–H and O–H groups in total. The number of guanidine groups is 1. The van der Waals surface area contributed by atoms with Gasteiger partial charge in [-0.3, -0.25) is 9.79 Å². The molecule has 0 aliphatic carbocycles. The van der Waals surface area contributed by atoms with Crippen molar-refractivity contribution in [2.24, 2.45) is 4.99 Å². The Morgan fingerprint density at radius 3 is 2.58 bits per heavy atom. The number of aliphatic imine (C=N–C) groups is 1. The first kappa shape index (κ1) is 20.6. The number of nitrogens with zero attached hydrogens (tertiary/aromatic N) is 3. The van der Waals surface area contributed by atoms with Gasteiger partial charge < -0.3 is 15.5 Å². The molecule has 2 aromatic rings. The molecule has 1 aliphatic heterocycles. The Bertz CT molecular complexity index is 759. The molecule has 1 aromatic carbocycles. The maximum absolute atomic E-state index is 11.8. The number of aromatic nitrogens is 1. The zero-order chi connectivity index (χ0) is 17.6. The molecule has 0 atom stereocenters. The van der Waals surface area contributed by atoms with Gasteiger partial charge in [0.2, 0.25) is 5.91 Å². The topological polar surface area (TPSA) is 69.6 Å². The lowest BCUT2D eigenvalue weighted by Crippen LogP contribution is -2.36. The van der Waals surface area contributed by atoms with Crippen LogP contribution in [-0.2, 0) is 17.9 Å². The molecule has 0 bridgehead atoms. The predicted octanol–water partition coefficient (Wildman–Crippen LogP) is 3.06. The fourth-order valence-electron chi connectivity index (χ4n) is 2.78. The van der Waals surface area contributed by atoms with E-state index in [1.54, 1.807) is 18.4 Å². The Balaban J connectivity index is 0.00000243. The van der Waals surface area contributed by atoms with Crippen molar-refractivity contribution in [3.8, 4) is 0 Å². The smallest absolute Gasteiger partial charge is 0.227 e. The number of carbonyl (C=O) groups excluding carboxylic acids is 1. The number of anilines is 1. The predicted molar refractivity (Wildman–Crippen MR) is 117 cm³/mol. The van der Waals surface area contributed by atoms with Crippen LogP contribution in [0.5, 0.6) is 0 Å². The standard InChI is InChI=1S/C18H23N5OS.HI/c1-13-16(25-12-22-13)11-21-18(19-2)20-10-14-5-7-15(8-6-14)23-9-3-4-17(23)24;/h5-8,12H,3-4,9-11H2,1-2H3,(H2,19,20,21);1H. The summed E-state index contributed by atoms with van der Waals surface area (Å²) < 4.78 is 0. The Kier molecular flexibility index (Phi) is 7.83. The molecule has 2 heterocycles. The second kappa shape index (κ2) is 9.86. The first-order valence-electron chi connectivity index (χ1n) is 8.40. The van der Waals surface area contributed by atoms with Crippen LogP contribution in [0.1, 0.15) is 29.0 Å². The van der Waals surface area contributed by atoms with Crippen molar-refractivity contribution in [1.29, 1.82) is 0 Å². The second-order valence-electron chi connectivity index (χ2n) is 5.96. The maximum Gasteiger partial charge on any atom is 0.227 e. The van der Waals surface area contributed by atoms with Crippen LogP contribution in [0.15, 0.2) is 34.8 Å². The van der Waals surface area contributed by atoms with E-state index in [0.29, 0.717) is 19.5 Å². The van der Waals surface area contributed by atoms with Gasteiger partial charge in [-0.2, -0.15) is 0 Å². The number of benzene rings is 1. The minimum absolute atomic E-state index is 0. The third-order valence-corrected chi connectivity index (χ3v) is 5.20. The van der Waals surface area contributed by atoms with Crippen LogP contribution in [-0.4, -0.2) is 30.4 Å². The highest BCUT2D eigenvalue weighted by molar-refractivity contribution is 14.0. The molecule has 8 heteroatoms. The molecule has 1 amide bonds. The van der Waals surface area contributed by atoms with Crippen molar-refractivity contribution in [2.45, 2.75) is 32.9 Å². The summed E-state index contributed by atoms with van der Waals surface area (Å²) in [6, 6.07) is 8.12. The number of thiazole rings is 1. The van der Waals surface area contributed by atoms with Crippen LogP contribution in [0, 0.1) is 6.92 Å². The Morgan fingerprint density at radius 1 is 1.27 bits per heavy atom. The molecule has 0 saturated carbocycles. The van der Waals surface area contributed by atoms with Crippen molar-refractivity contribution >= 4 is 52.9 Å². The Hall–Kier alpha value is -1.68. The zero-order valence-corrected chi connectivity index (χ0v) is 18.1. The van der Waals surface area contributed by atoms with Gasteiger partial charge in [0.15, 0.2) is 5.96 Å². The van der Waals surface area contributed by atoms with E-state index >= 15 is 0 Å². The minimum Gasteiger partial charge on any atom is -0.352 e. The quantitative estimate of drug-likeness (QED) is 0.388. The summed E-state index contributed by atoms with van der Waals surface area (Å²) in [6.45, 7) is 4.22. The molecule has 1 aliphatic rings. The summed E-state index contributed by atoms with van der Waals surface area (Å²) in [5.41, 5.74) is 5.04. The highest BCUT2D eigenvalue weighted by Crippen LogP contribution is 2.21. The van der Waals surface area contributed by atoms with Crippen LogP contribution >= 0.6 is 35.3 Å². The Labute approximate surface area is 175 Å². The molecule has 140 valence electrons. The van der Waals surface area contributed by atoms with E-state index in [9.17, 15) is 4.79 Å². The van der Waals surface area contributed by atoms with Gasteiger partial charge in [0.05, 0.1) is 17.7 Å². The van der Waals surface area contributed by atoms with Crippen molar-refractivity contribution in [3.63, 3.8) is 0 Å². The molecule has 0 radical (unpaired) electrons. The lowest BCUT2D eigenvalue weighted by Gasteiger charge is -2.16. The lowest BCUT2D eigenvalue weighted by atomic mass is 10.2. The maximum atomic E-state index is 11.8. The van der Waals surface area contributed by atoms with E-state index in [0.717, 1.165) is 35.9 Å². The second-order valence-corrected chi connectivity index (χ2v) is 6.89. The van der Waals surface area contributed by atoms with E-state index in [1.165, 1.54) is 4.88 Å². The van der Waals surface area contributed by atoms with Gasteiger partial charge >= 0.3 is 0 Å². The van der Waals surface area contributed by atoms with Crippen molar-refractivity contribution < 1.29 is 4.79 Å². The first-order chi connectivity index (χ1) is 12.2. The van der Waals surface area contributed by atoms with Crippen molar-refractivity contribution in [1.82, 2.24) is 15.6 Å². The van der Waals surface area contributed by atoms with Gasteiger partial charge in [0.25, 0.3) is 0 Å². The number of halogens is 1. The highest BCUT2D eigenvalue weighted by Gasteiger charge is 2.21. The van der Waals surface area contributed by atoms with Gasteiger partial charge in [-0.15, -0.1) is 35.3 Å². The summed E-state index contributed by atoms with van der Waals surface area (Å²) in [7, 11) is 1.76. The lowest BCUT2D eigenvalue weighted by molar-refractivity contribution is -0.117. The van der Waals surface area contributed by atoms with Gasteiger partial charge in [-0.25, -0.2) is 4.98 Å². The molecule has 1 fully saturated rings. The van der Waals surface area contributed by atoms with Gasteiger partial charge in [0, 0.05) is 37.1 Å². The molecule has 3 rings (SSSR count). The summed E-state index contributed by atoms with van der Waals surface area (Å²) in [6.07, 6.45) is 1.61. The van der Waals surface area contributed by atoms with Crippen LogP contribution < -0.4 is 15.5 Å². The summed E-state index contributed by atoms with van der Waals surface area (Å²) in [5.74, 6) is 0.973. The highest BCUT2D eigenvalue weighted by atomic mass is 127.